The molecule has 0 radical (unpaired) electrons. The van der Waals surface area contributed by atoms with E-state index in [4.69, 9.17) is 4.74 Å². The van der Waals surface area contributed by atoms with Crippen molar-refractivity contribution >= 4 is 23.3 Å². The number of nitrogens with one attached hydrogen (secondary N) is 1. The van der Waals surface area contributed by atoms with Crippen molar-refractivity contribution in [3.63, 3.8) is 0 Å². The molecule has 1 heterocycles. The molecule has 0 amide bonds. The molecule has 1 atom stereocenters. The average Bonchev–Trinajstić information content (AvgIpc) is 2.61. The fourth-order valence-corrected chi connectivity index (χ4v) is 1.43. The predicted octanol–water partition coefficient (Wildman–Crippen LogP) is 2.42. The van der Waals surface area contributed by atoms with Gasteiger partial charge in [0.25, 0.3) is 0 Å². The Balaban J connectivity index is 2.28. The summed E-state index contributed by atoms with van der Waals surface area (Å²) in [6, 6.07) is 4.71. The van der Waals surface area contributed by atoms with Gasteiger partial charge in [-0.2, -0.15) is 8.78 Å². The van der Waals surface area contributed by atoms with Crippen molar-refractivity contribution in [2.24, 2.45) is 0 Å². The zero-order valence-electron chi connectivity index (χ0n) is 7.44. The molecule has 0 saturated carbocycles. The largest absolute Gasteiger partial charge is 0.460 e. The van der Waals surface area contributed by atoms with Crippen molar-refractivity contribution in [2.45, 2.75) is 12.8 Å². The van der Waals surface area contributed by atoms with E-state index in [1.54, 1.807) is 12.1 Å². The third-order valence-electron chi connectivity index (χ3n) is 1.86. The van der Waals surface area contributed by atoms with Crippen molar-refractivity contribution < 1.29 is 18.3 Å². The van der Waals surface area contributed by atoms with Crippen molar-refractivity contribution in [1.29, 1.82) is 0 Å². The number of ether oxygens (including phenoxy) is 2. The molecule has 15 heavy (non-hydrogen) atoms. The van der Waals surface area contributed by atoms with Gasteiger partial charge < -0.3 is 14.8 Å². The van der Waals surface area contributed by atoms with E-state index in [9.17, 15) is 8.78 Å². The number of rotatable bonds is 3. The van der Waals surface area contributed by atoms with E-state index in [1.165, 1.54) is 11.4 Å². The molecule has 1 aliphatic rings. The molecule has 1 aromatic rings. The van der Waals surface area contributed by atoms with Crippen LogP contribution in [-0.2, 0) is 0 Å². The Morgan fingerprint density at radius 3 is 3.00 bits per heavy atom. The quantitative estimate of drug-likeness (QED) is 0.809. The summed E-state index contributed by atoms with van der Waals surface area (Å²) in [6.45, 7) is -2.87. The summed E-state index contributed by atoms with van der Waals surface area (Å²) in [5, 5.41) is 4.26. The predicted molar refractivity (Wildman–Crippen MR) is 54.8 cm³/mol. The van der Waals surface area contributed by atoms with Crippen LogP contribution in [0.4, 0.5) is 14.5 Å². The van der Waals surface area contributed by atoms with E-state index in [-0.39, 0.29) is 11.5 Å². The molecule has 80 valence electrons. The standard InChI is InChI=1S/C9H7F2NO2S/c10-9(11)13-6-3-1-2-5-8(6)14-7(4-15)12-5/h1-4,7,9,12H. The maximum atomic E-state index is 12.0. The lowest BCUT2D eigenvalue weighted by atomic mass is 10.3. The van der Waals surface area contributed by atoms with Crippen LogP contribution in [0.25, 0.3) is 0 Å². The highest BCUT2D eigenvalue weighted by Gasteiger charge is 2.24. The highest BCUT2D eigenvalue weighted by atomic mass is 32.1. The zero-order valence-corrected chi connectivity index (χ0v) is 8.26. The maximum Gasteiger partial charge on any atom is 0.387 e. The zero-order chi connectivity index (χ0) is 10.8. The van der Waals surface area contributed by atoms with Gasteiger partial charge in [0.05, 0.1) is 5.69 Å². The van der Waals surface area contributed by atoms with Crippen molar-refractivity contribution in [3.8, 4) is 11.5 Å². The molecule has 0 spiro atoms. The second-order valence-corrected chi connectivity index (χ2v) is 3.10. The molecule has 1 aromatic carbocycles. The molecule has 0 aliphatic carbocycles. The molecular weight excluding hydrogens is 224 g/mol. The number of halogens is 2. The molecule has 0 fully saturated rings. The number of anilines is 1. The summed E-state index contributed by atoms with van der Waals surface area (Å²) in [7, 11) is 0. The summed E-state index contributed by atoms with van der Waals surface area (Å²) < 4.78 is 33.6. The lowest BCUT2D eigenvalue weighted by Crippen LogP contribution is -2.20. The van der Waals surface area contributed by atoms with Crippen molar-refractivity contribution in [2.75, 3.05) is 5.32 Å². The van der Waals surface area contributed by atoms with Crippen LogP contribution in [0, 0.1) is 0 Å². The first-order valence-corrected chi connectivity index (χ1v) is 4.64. The van der Waals surface area contributed by atoms with Crippen molar-refractivity contribution in [3.05, 3.63) is 18.2 Å². The number of hydrogen-bond donors (Lipinski definition) is 1. The summed E-state index contributed by atoms with van der Waals surface area (Å²) in [5.41, 5.74) is 0.597. The van der Waals surface area contributed by atoms with E-state index in [0.29, 0.717) is 5.69 Å². The van der Waals surface area contributed by atoms with Gasteiger partial charge in [-0.25, -0.2) is 0 Å². The number of para-hydroxylation sites is 1. The first kappa shape index (κ1) is 10.1. The fourth-order valence-electron chi connectivity index (χ4n) is 1.31. The second kappa shape index (κ2) is 3.98. The molecule has 1 N–H and O–H groups in total. The molecule has 0 bridgehead atoms. The third-order valence-corrected chi connectivity index (χ3v) is 2.11. The number of hydrogen-bond acceptors (Lipinski definition) is 4. The lowest BCUT2D eigenvalue weighted by molar-refractivity contribution is -0.0512. The molecule has 1 aliphatic heterocycles. The van der Waals surface area contributed by atoms with Gasteiger partial charge in [0.2, 0.25) is 0 Å². The van der Waals surface area contributed by atoms with E-state index in [0.717, 1.165) is 0 Å². The Labute approximate surface area is 90.0 Å². The summed E-state index contributed by atoms with van der Waals surface area (Å²) >= 11 is 4.69. The van der Waals surface area contributed by atoms with Gasteiger partial charge in [0.1, 0.15) is 0 Å². The van der Waals surface area contributed by atoms with Crippen LogP contribution in [-0.4, -0.2) is 18.2 Å². The monoisotopic (exact) mass is 231 g/mol. The molecule has 3 nitrogen and oxygen atoms in total. The first-order valence-electron chi connectivity index (χ1n) is 4.17. The van der Waals surface area contributed by atoms with Crippen LogP contribution < -0.4 is 14.8 Å². The van der Waals surface area contributed by atoms with E-state index < -0.39 is 12.8 Å². The molecular formula is C9H7F2NO2S. The van der Waals surface area contributed by atoms with Crippen LogP contribution in [0.5, 0.6) is 11.5 Å². The Bertz CT molecular complexity index is 386. The Hall–Kier alpha value is -1.43. The number of alkyl halides is 2. The van der Waals surface area contributed by atoms with Gasteiger partial charge in [0.15, 0.2) is 17.7 Å². The summed E-state index contributed by atoms with van der Waals surface area (Å²) in [5.74, 6) is 0.276. The highest BCUT2D eigenvalue weighted by molar-refractivity contribution is 7.79. The van der Waals surface area contributed by atoms with E-state index in [1.807, 2.05) is 0 Å². The Morgan fingerprint density at radius 2 is 2.33 bits per heavy atom. The minimum absolute atomic E-state index is 0.00866. The lowest BCUT2D eigenvalue weighted by Gasteiger charge is -2.08. The van der Waals surface area contributed by atoms with Crippen LogP contribution >= 0.6 is 12.2 Å². The Morgan fingerprint density at radius 1 is 1.53 bits per heavy atom. The number of fused-ring (bicyclic) bond motifs is 1. The Kier molecular flexibility index (Phi) is 2.68. The number of benzene rings is 1. The van der Waals surface area contributed by atoms with E-state index >= 15 is 0 Å². The summed E-state index contributed by atoms with van der Waals surface area (Å²) in [6.07, 6.45) is -0.475. The van der Waals surface area contributed by atoms with Gasteiger partial charge >= 0.3 is 6.61 Å². The van der Waals surface area contributed by atoms with Crippen LogP contribution in [0.3, 0.4) is 0 Å². The van der Waals surface area contributed by atoms with E-state index in [2.05, 4.69) is 22.3 Å². The molecule has 6 heteroatoms. The molecule has 0 saturated heterocycles. The third kappa shape index (κ3) is 1.99. The smallest absolute Gasteiger partial charge is 0.387 e. The summed E-state index contributed by atoms with van der Waals surface area (Å²) in [4.78, 5) is 0. The van der Waals surface area contributed by atoms with Gasteiger partial charge in [0, 0.05) is 5.37 Å². The van der Waals surface area contributed by atoms with Gasteiger partial charge in [-0.15, -0.1) is 0 Å². The second-order valence-electron chi connectivity index (χ2n) is 2.83. The van der Waals surface area contributed by atoms with Crippen molar-refractivity contribution in [1.82, 2.24) is 0 Å². The normalized spacial score (nSPS) is 17.9. The maximum absolute atomic E-state index is 12.0. The molecule has 1 unspecified atom stereocenters. The van der Waals surface area contributed by atoms with Crippen LogP contribution in [0.2, 0.25) is 0 Å². The van der Waals surface area contributed by atoms with Gasteiger partial charge in [-0.05, 0) is 12.1 Å². The SMILES string of the molecule is FC(F)Oc1cccc2c1OC(C=S)N2. The fraction of sp³-hybridized carbons (Fsp3) is 0.222. The van der Waals surface area contributed by atoms with Gasteiger partial charge in [-0.1, -0.05) is 18.3 Å². The topological polar surface area (TPSA) is 30.5 Å². The molecule has 2 rings (SSSR count). The number of thiocarbonyl (C=S) groups is 1. The molecule has 0 aromatic heterocycles. The highest BCUT2D eigenvalue weighted by Crippen LogP contribution is 2.40. The minimum Gasteiger partial charge on any atom is -0.460 e. The average molecular weight is 231 g/mol. The van der Waals surface area contributed by atoms with Crippen LogP contribution in [0.15, 0.2) is 18.2 Å². The van der Waals surface area contributed by atoms with Crippen LogP contribution in [0.1, 0.15) is 0 Å². The minimum atomic E-state index is -2.87. The first-order chi connectivity index (χ1) is 7.20. The van der Waals surface area contributed by atoms with Gasteiger partial charge in [-0.3, -0.25) is 0 Å².